The van der Waals surface area contributed by atoms with E-state index in [1.807, 2.05) is 13.0 Å². The van der Waals surface area contributed by atoms with E-state index in [4.69, 9.17) is 17.3 Å². The second kappa shape index (κ2) is 8.08. The number of nitrogens with two attached hydrogens (primary N) is 1. The van der Waals surface area contributed by atoms with Gasteiger partial charge in [0.15, 0.2) is 16.7 Å². The molecule has 2 rings (SSSR count). The van der Waals surface area contributed by atoms with Crippen molar-refractivity contribution in [2.45, 2.75) is 19.8 Å². The summed E-state index contributed by atoms with van der Waals surface area (Å²) in [5.41, 5.74) is 6.97. The van der Waals surface area contributed by atoms with Crippen molar-refractivity contribution in [1.29, 1.82) is 5.26 Å². The Morgan fingerprint density at radius 1 is 1.50 bits per heavy atom. The highest BCUT2D eigenvalue weighted by atomic mass is 35.5. The minimum absolute atomic E-state index is 0.131. The van der Waals surface area contributed by atoms with Gasteiger partial charge in [0.1, 0.15) is 6.07 Å². The summed E-state index contributed by atoms with van der Waals surface area (Å²) >= 11 is 6.06. The number of primary amides is 1. The number of rotatable bonds is 6. The summed E-state index contributed by atoms with van der Waals surface area (Å²) in [6.45, 7) is 2.01. The van der Waals surface area contributed by atoms with Gasteiger partial charge in [-0.25, -0.2) is 14.8 Å². The normalized spacial score (nSPS) is 10.0. The highest BCUT2D eigenvalue weighted by molar-refractivity contribution is 6.30. The Kier molecular flexibility index (Phi) is 5.87. The van der Waals surface area contributed by atoms with Crippen LogP contribution in [0.15, 0.2) is 18.3 Å². The summed E-state index contributed by atoms with van der Waals surface area (Å²) in [4.78, 5) is 23.1. The number of carbonyl (C=O) groups excluding carboxylic acids is 1. The maximum atomic E-state index is 10.6. The first-order valence-corrected chi connectivity index (χ1v) is 7.52. The van der Waals surface area contributed by atoms with Crippen molar-refractivity contribution in [3.63, 3.8) is 0 Å². The fourth-order valence-corrected chi connectivity index (χ4v) is 2.19. The van der Waals surface area contributed by atoms with Gasteiger partial charge in [-0.3, -0.25) is 4.98 Å². The number of nitriles is 1. The van der Waals surface area contributed by atoms with Crippen LogP contribution in [-0.2, 0) is 17.6 Å². The van der Waals surface area contributed by atoms with Crippen molar-refractivity contribution in [1.82, 2.24) is 15.0 Å². The zero-order valence-corrected chi connectivity index (χ0v) is 13.7. The summed E-state index contributed by atoms with van der Waals surface area (Å²) in [7, 11) is 0. The summed E-state index contributed by atoms with van der Waals surface area (Å²) < 4.78 is 4.68. The van der Waals surface area contributed by atoms with Crippen LogP contribution in [-0.4, -0.2) is 27.7 Å². The fourth-order valence-electron chi connectivity index (χ4n) is 1.93. The molecule has 0 fully saturated rings. The third-order valence-electron chi connectivity index (χ3n) is 3.04. The molecule has 0 saturated carbocycles. The summed E-state index contributed by atoms with van der Waals surface area (Å²) in [6, 6.07) is 5.45. The summed E-state index contributed by atoms with van der Waals surface area (Å²) in [6.07, 6.45) is 1.75. The van der Waals surface area contributed by atoms with Crippen molar-refractivity contribution in [3.8, 4) is 6.07 Å². The maximum absolute atomic E-state index is 10.6. The molecule has 0 aromatic carbocycles. The number of halogens is 1. The van der Waals surface area contributed by atoms with Crippen LogP contribution < -0.4 is 11.1 Å². The number of ether oxygens (including phenoxy) is 1. The molecule has 2 aromatic rings. The lowest BCUT2D eigenvalue weighted by atomic mass is 10.2. The molecule has 0 bridgehead atoms. The second-order valence-electron chi connectivity index (χ2n) is 4.70. The third-order valence-corrected chi connectivity index (χ3v) is 3.34. The average molecular weight is 347 g/mol. The molecule has 1 amide bonds. The number of anilines is 2. The first-order chi connectivity index (χ1) is 11.5. The number of aryl methyl sites for hydroxylation is 1. The number of aromatic nitrogens is 3. The molecule has 8 nitrogen and oxygen atoms in total. The molecular formula is C15H15ClN6O2. The lowest BCUT2D eigenvalue weighted by molar-refractivity contribution is 0.158. The van der Waals surface area contributed by atoms with E-state index in [-0.39, 0.29) is 23.3 Å². The van der Waals surface area contributed by atoms with Crippen LogP contribution in [0.3, 0.4) is 0 Å². The smallest absolute Gasteiger partial charge is 0.404 e. The van der Waals surface area contributed by atoms with E-state index >= 15 is 0 Å². The number of hydrogen-bond acceptors (Lipinski definition) is 7. The SMILES string of the molecule is CCc1nc(C#N)c(Nc2ccnc(CCOC(N)=O)c2)nc1Cl. The lowest BCUT2D eigenvalue weighted by Gasteiger charge is -2.10. The van der Waals surface area contributed by atoms with Crippen molar-refractivity contribution in [2.24, 2.45) is 5.73 Å². The molecule has 0 unspecified atom stereocenters. The molecule has 9 heteroatoms. The number of carbonyl (C=O) groups is 1. The minimum Gasteiger partial charge on any atom is -0.449 e. The van der Waals surface area contributed by atoms with Crippen molar-refractivity contribution in [2.75, 3.05) is 11.9 Å². The Morgan fingerprint density at radius 2 is 2.29 bits per heavy atom. The third kappa shape index (κ3) is 4.54. The highest BCUT2D eigenvalue weighted by Crippen LogP contribution is 2.22. The zero-order chi connectivity index (χ0) is 17.5. The van der Waals surface area contributed by atoms with E-state index in [0.717, 1.165) is 0 Å². The molecule has 0 atom stereocenters. The topological polar surface area (TPSA) is 127 Å². The molecule has 3 N–H and O–H groups in total. The average Bonchev–Trinajstić information content (AvgIpc) is 2.55. The Balaban J connectivity index is 2.18. The van der Waals surface area contributed by atoms with E-state index in [2.05, 4.69) is 25.0 Å². The van der Waals surface area contributed by atoms with Gasteiger partial charge in [-0.1, -0.05) is 18.5 Å². The highest BCUT2D eigenvalue weighted by Gasteiger charge is 2.12. The van der Waals surface area contributed by atoms with Crippen LogP contribution >= 0.6 is 11.6 Å². The number of hydrogen-bond donors (Lipinski definition) is 2. The molecular weight excluding hydrogens is 332 g/mol. The molecule has 0 aliphatic heterocycles. The van der Waals surface area contributed by atoms with Gasteiger partial charge in [0, 0.05) is 24.0 Å². The molecule has 0 spiro atoms. The number of amides is 1. The van der Waals surface area contributed by atoms with Crippen LogP contribution in [0, 0.1) is 11.3 Å². The second-order valence-corrected chi connectivity index (χ2v) is 5.06. The van der Waals surface area contributed by atoms with Crippen molar-refractivity contribution < 1.29 is 9.53 Å². The van der Waals surface area contributed by atoms with Crippen LogP contribution in [0.25, 0.3) is 0 Å². The van der Waals surface area contributed by atoms with Gasteiger partial charge in [-0.15, -0.1) is 0 Å². The van der Waals surface area contributed by atoms with Crippen LogP contribution in [0.2, 0.25) is 5.15 Å². The fraction of sp³-hybridized carbons (Fsp3) is 0.267. The van der Waals surface area contributed by atoms with Gasteiger partial charge in [0.05, 0.1) is 12.3 Å². The van der Waals surface area contributed by atoms with Gasteiger partial charge in [0.25, 0.3) is 0 Å². The molecule has 124 valence electrons. The first-order valence-electron chi connectivity index (χ1n) is 7.14. The Labute approximate surface area is 143 Å². The largest absolute Gasteiger partial charge is 0.449 e. The van der Waals surface area contributed by atoms with Gasteiger partial charge in [0.2, 0.25) is 0 Å². The van der Waals surface area contributed by atoms with E-state index in [9.17, 15) is 10.1 Å². The van der Waals surface area contributed by atoms with Crippen LogP contribution in [0.4, 0.5) is 16.3 Å². The Bertz CT molecular complexity index is 790. The molecule has 2 heterocycles. The Hall–Kier alpha value is -2.92. The molecule has 0 aliphatic carbocycles. The molecule has 2 aromatic heterocycles. The maximum Gasteiger partial charge on any atom is 0.404 e. The molecule has 0 saturated heterocycles. The summed E-state index contributed by atoms with van der Waals surface area (Å²) in [5, 5.41) is 12.5. The number of nitrogens with zero attached hydrogens (tertiary/aromatic N) is 4. The number of pyridine rings is 1. The van der Waals surface area contributed by atoms with E-state index in [1.165, 1.54) is 0 Å². The van der Waals surface area contributed by atoms with Crippen molar-refractivity contribution in [3.05, 3.63) is 40.6 Å². The zero-order valence-electron chi connectivity index (χ0n) is 12.9. The standard InChI is InChI=1S/C15H15ClN6O2/c1-2-11-13(16)22-14(12(8-17)21-11)20-10-3-5-19-9(7-10)4-6-24-15(18)23/h3,5,7H,2,4,6H2,1H3,(H2,18,23)(H,19,20,22). The van der Waals surface area contributed by atoms with Gasteiger partial charge in [-0.2, -0.15) is 5.26 Å². The molecule has 0 radical (unpaired) electrons. The quantitative estimate of drug-likeness (QED) is 0.821. The van der Waals surface area contributed by atoms with Gasteiger partial charge >= 0.3 is 6.09 Å². The molecule has 24 heavy (non-hydrogen) atoms. The molecule has 0 aliphatic rings. The summed E-state index contributed by atoms with van der Waals surface area (Å²) in [5.74, 6) is 0.269. The van der Waals surface area contributed by atoms with E-state index < -0.39 is 6.09 Å². The monoisotopic (exact) mass is 346 g/mol. The predicted octanol–water partition coefficient (Wildman–Crippen LogP) is 2.34. The van der Waals surface area contributed by atoms with Crippen LogP contribution in [0.1, 0.15) is 24.0 Å². The minimum atomic E-state index is -0.830. The lowest BCUT2D eigenvalue weighted by Crippen LogP contribution is -2.15. The van der Waals surface area contributed by atoms with E-state index in [0.29, 0.717) is 29.9 Å². The van der Waals surface area contributed by atoms with Crippen molar-refractivity contribution >= 4 is 29.2 Å². The van der Waals surface area contributed by atoms with Gasteiger partial charge in [-0.05, 0) is 18.6 Å². The van der Waals surface area contributed by atoms with Gasteiger partial charge < -0.3 is 15.8 Å². The first kappa shape index (κ1) is 17.4. The van der Waals surface area contributed by atoms with E-state index in [1.54, 1.807) is 18.3 Å². The number of nitrogens with one attached hydrogen (secondary N) is 1. The van der Waals surface area contributed by atoms with Crippen LogP contribution in [0.5, 0.6) is 0 Å². The predicted molar refractivity (Wildman–Crippen MR) is 87.9 cm³/mol. The Morgan fingerprint density at radius 3 is 2.96 bits per heavy atom.